The maximum Gasteiger partial charge on any atom is 0.319 e. The van der Waals surface area contributed by atoms with Gasteiger partial charge in [0.2, 0.25) is 5.91 Å². The van der Waals surface area contributed by atoms with Crippen LogP contribution in [0.3, 0.4) is 0 Å². The Morgan fingerprint density at radius 1 is 1.20 bits per heavy atom. The Kier molecular flexibility index (Phi) is 7.28. The summed E-state index contributed by atoms with van der Waals surface area (Å²) in [6.45, 7) is 8.26. The van der Waals surface area contributed by atoms with Crippen LogP contribution < -0.4 is 9.64 Å². The molecule has 2 bridgehead atoms. The minimum atomic E-state index is -1.16. The van der Waals surface area contributed by atoms with Gasteiger partial charge in [-0.1, -0.05) is 18.6 Å². The average molecular weight is 667 g/mol. The number of terminal acetylenes is 1. The first-order valence-electron chi connectivity index (χ1n) is 16.6. The van der Waals surface area contributed by atoms with Crippen LogP contribution in [0.25, 0.3) is 32.9 Å². The number of anilines is 1. The number of pyridine rings is 1. The van der Waals surface area contributed by atoms with Crippen molar-refractivity contribution in [3.8, 4) is 35.4 Å². The van der Waals surface area contributed by atoms with Crippen molar-refractivity contribution in [2.45, 2.75) is 62.3 Å². The first-order valence-corrected chi connectivity index (χ1v) is 16.6. The molecule has 0 saturated carbocycles. The van der Waals surface area contributed by atoms with Crippen LogP contribution in [0.2, 0.25) is 0 Å². The van der Waals surface area contributed by atoms with Gasteiger partial charge >= 0.3 is 6.01 Å². The van der Waals surface area contributed by atoms with Crippen molar-refractivity contribution in [3.05, 3.63) is 60.3 Å². The lowest BCUT2D eigenvalue weighted by Gasteiger charge is -2.42. The highest BCUT2D eigenvalue weighted by molar-refractivity contribution is 6.03. The molecule has 0 unspecified atom stereocenters. The van der Waals surface area contributed by atoms with Gasteiger partial charge in [-0.25, -0.2) is 8.78 Å². The lowest BCUT2D eigenvalue weighted by Crippen LogP contribution is -2.59. The van der Waals surface area contributed by atoms with Crippen LogP contribution in [0, 0.1) is 24.0 Å². The van der Waals surface area contributed by atoms with E-state index in [9.17, 15) is 19.4 Å². The molecule has 4 aliphatic rings. The molecule has 12 heteroatoms. The number of aromatic nitrogens is 3. The van der Waals surface area contributed by atoms with E-state index >= 15 is 4.39 Å². The van der Waals surface area contributed by atoms with Gasteiger partial charge in [0.25, 0.3) is 0 Å². The van der Waals surface area contributed by atoms with E-state index in [4.69, 9.17) is 16.1 Å². The molecule has 2 N–H and O–H groups in total. The third-order valence-corrected chi connectivity index (χ3v) is 11.0. The third kappa shape index (κ3) is 4.89. The summed E-state index contributed by atoms with van der Waals surface area (Å²) in [5.74, 6) is 0.818. The molecule has 252 valence electrons. The predicted molar refractivity (Wildman–Crippen MR) is 180 cm³/mol. The molecule has 2 aromatic heterocycles. The Morgan fingerprint density at radius 2 is 1.98 bits per heavy atom. The molecule has 49 heavy (non-hydrogen) atoms. The number of halogens is 2. The number of hydrogen-bond acceptors (Lipinski definition) is 9. The molecular formula is C37H36F2N6O4. The van der Waals surface area contributed by atoms with Gasteiger partial charge in [0.1, 0.15) is 35.2 Å². The standard InChI is InChI=1S/C37H36F2N6O4/c1-4-24-27(38)9-8-21-14-23(46)15-25(30(21)24)32-31(39)33-26(17-40-32)34(42-35(41-33)49-20-37-10-6-12-44(37)13-7-11-37)43-18-22-16-36(3,48)28(19-43)45(22)29(47)5-2/h1,5,8-9,14-15,17,22,28,46,48H,2,6-7,10-13,16,18-20H2,3H3/t22-,28-,36+/m0/s1. The highest BCUT2D eigenvalue weighted by Crippen LogP contribution is 2.43. The number of ether oxygens (including phenoxy) is 1. The number of amides is 1. The number of piperazine rings is 1. The zero-order valence-electron chi connectivity index (χ0n) is 27.1. The van der Waals surface area contributed by atoms with E-state index in [0.717, 1.165) is 38.8 Å². The number of aliphatic hydroxyl groups is 1. The molecule has 4 aromatic rings. The zero-order chi connectivity index (χ0) is 34.2. The molecule has 0 spiro atoms. The fourth-order valence-electron chi connectivity index (χ4n) is 8.78. The SMILES string of the molecule is C#Cc1c(F)ccc2cc(O)cc(-c3ncc4c(N5C[C@@H]6C[C@@](C)(O)[C@H](C5)N6C(=O)C=C)nc(OCC56CCCN5CCC6)nc4c3F)c12. The third-order valence-electron chi connectivity index (χ3n) is 11.0. The number of carbonyl (C=O) groups excluding carboxylic acids is 1. The fourth-order valence-corrected chi connectivity index (χ4v) is 8.78. The van der Waals surface area contributed by atoms with Crippen molar-refractivity contribution in [2.75, 3.05) is 37.7 Å². The number of aromatic hydroxyl groups is 1. The van der Waals surface area contributed by atoms with Crippen molar-refractivity contribution in [1.82, 2.24) is 24.8 Å². The van der Waals surface area contributed by atoms with E-state index in [1.54, 1.807) is 11.8 Å². The molecule has 4 fully saturated rings. The Balaban J connectivity index is 1.28. The largest absolute Gasteiger partial charge is 0.508 e. The summed E-state index contributed by atoms with van der Waals surface area (Å²) in [5, 5.41) is 22.9. The zero-order valence-corrected chi connectivity index (χ0v) is 27.1. The number of benzene rings is 2. The summed E-state index contributed by atoms with van der Waals surface area (Å²) < 4.78 is 38.2. The topological polar surface area (TPSA) is 115 Å². The summed E-state index contributed by atoms with van der Waals surface area (Å²) in [4.78, 5) is 32.8. The molecular weight excluding hydrogens is 630 g/mol. The minimum Gasteiger partial charge on any atom is -0.508 e. The highest BCUT2D eigenvalue weighted by Gasteiger charge is 2.54. The lowest BCUT2D eigenvalue weighted by atomic mass is 9.95. The van der Waals surface area contributed by atoms with Crippen molar-refractivity contribution < 1.29 is 28.5 Å². The predicted octanol–water partition coefficient (Wildman–Crippen LogP) is 4.54. The van der Waals surface area contributed by atoms with Crippen molar-refractivity contribution in [2.24, 2.45) is 0 Å². The van der Waals surface area contributed by atoms with Crippen molar-refractivity contribution in [1.29, 1.82) is 0 Å². The monoisotopic (exact) mass is 666 g/mol. The molecule has 3 atom stereocenters. The van der Waals surface area contributed by atoms with Gasteiger partial charge in [-0.15, -0.1) is 6.42 Å². The van der Waals surface area contributed by atoms with E-state index in [0.29, 0.717) is 36.2 Å². The molecule has 4 saturated heterocycles. The van der Waals surface area contributed by atoms with Crippen LogP contribution in [0.15, 0.2) is 43.1 Å². The number of phenols is 1. The van der Waals surface area contributed by atoms with E-state index in [1.165, 1.54) is 36.5 Å². The number of carbonyl (C=O) groups is 1. The highest BCUT2D eigenvalue weighted by atomic mass is 19.1. The Labute approximate surface area is 282 Å². The summed E-state index contributed by atoms with van der Waals surface area (Å²) in [6, 6.07) is 4.49. The normalized spacial score (nSPS) is 24.4. The Bertz CT molecular complexity index is 2090. The van der Waals surface area contributed by atoms with Crippen LogP contribution >= 0.6 is 0 Å². The molecule has 4 aliphatic heterocycles. The van der Waals surface area contributed by atoms with Gasteiger partial charge in [-0.2, -0.15) is 9.97 Å². The van der Waals surface area contributed by atoms with E-state index in [1.807, 2.05) is 4.90 Å². The summed E-state index contributed by atoms with van der Waals surface area (Å²) >= 11 is 0. The molecule has 2 aromatic carbocycles. The number of phenolic OH excluding ortho intramolecular Hbond substituents is 1. The summed E-state index contributed by atoms with van der Waals surface area (Å²) in [5.41, 5.74) is -1.49. The smallest absolute Gasteiger partial charge is 0.319 e. The molecule has 1 amide bonds. The molecule has 0 radical (unpaired) electrons. The Hall–Kier alpha value is -4.86. The van der Waals surface area contributed by atoms with E-state index in [-0.39, 0.29) is 63.5 Å². The minimum absolute atomic E-state index is 0.00787. The first-order chi connectivity index (χ1) is 23.5. The van der Waals surface area contributed by atoms with Gasteiger partial charge in [0.05, 0.1) is 34.2 Å². The van der Waals surface area contributed by atoms with Crippen molar-refractivity contribution >= 4 is 33.4 Å². The number of nitrogens with zero attached hydrogens (tertiary/aromatic N) is 6. The number of hydrogen-bond donors (Lipinski definition) is 2. The first kappa shape index (κ1) is 31.4. The van der Waals surface area contributed by atoms with Gasteiger partial charge in [-0.05, 0) is 75.4 Å². The summed E-state index contributed by atoms with van der Waals surface area (Å²) in [6.07, 6.45) is 12.9. The molecule has 10 nitrogen and oxygen atoms in total. The van der Waals surface area contributed by atoms with Crippen LogP contribution in [0.1, 0.15) is 44.6 Å². The van der Waals surface area contributed by atoms with Gasteiger partial charge in [0.15, 0.2) is 5.82 Å². The summed E-state index contributed by atoms with van der Waals surface area (Å²) in [7, 11) is 0. The van der Waals surface area contributed by atoms with E-state index in [2.05, 4.69) is 27.4 Å². The fraction of sp³-hybridized carbons (Fsp3) is 0.405. The van der Waals surface area contributed by atoms with Crippen LogP contribution in [-0.2, 0) is 4.79 Å². The number of fused-ring (bicyclic) bond motifs is 5. The second-order valence-electron chi connectivity index (χ2n) is 14.0. The van der Waals surface area contributed by atoms with Crippen LogP contribution in [-0.4, -0.2) is 96.9 Å². The molecule has 8 rings (SSSR count). The van der Waals surface area contributed by atoms with Crippen molar-refractivity contribution in [3.63, 3.8) is 0 Å². The van der Waals surface area contributed by atoms with E-state index < -0.39 is 23.3 Å². The lowest BCUT2D eigenvalue weighted by molar-refractivity contribution is -0.131. The average Bonchev–Trinajstić information content (AvgIpc) is 3.71. The Morgan fingerprint density at radius 3 is 2.69 bits per heavy atom. The van der Waals surface area contributed by atoms with Gasteiger partial charge < -0.3 is 24.7 Å². The molecule has 0 aliphatic carbocycles. The van der Waals surface area contributed by atoms with Gasteiger partial charge in [0, 0.05) is 36.7 Å². The number of rotatable bonds is 6. The van der Waals surface area contributed by atoms with Crippen LogP contribution in [0.5, 0.6) is 11.8 Å². The quantitative estimate of drug-likeness (QED) is 0.226. The maximum atomic E-state index is 17.0. The van der Waals surface area contributed by atoms with Crippen LogP contribution in [0.4, 0.5) is 14.6 Å². The maximum absolute atomic E-state index is 17.0. The second kappa shape index (κ2) is 11.4. The van der Waals surface area contributed by atoms with Gasteiger partial charge in [-0.3, -0.25) is 14.7 Å². The second-order valence-corrected chi connectivity index (χ2v) is 14.0. The molecule has 6 heterocycles.